The molecule has 0 spiro atoms. The third kappa shape index (κ3) is 2.87. The number of aliphatic hydroxyl groups excluding tert-OH is 4. The van der Waals surface area contributed by atoms with Gasteiger partial charge >= 0.3 is 0 Å². The second-order valence-electron chi connectivity index (χ2n) is 7.13. The van der Waals surface area contributed by atoms with Crippen LogP contribution in [0.3, 0.4) is 0 Å². The number of fused-ring (bicyclic) bond motifs is 2. The van der Waals surface area contributed by atoms with Gasteiger partial charge in [-0.2, -0.15) is 0 Å². The number of phenols is 1. The molecular formula is C19H16Cl3NO7. The zero-order valence-electron chi connectivity index (χ0n) is 15.3. The smallest absolute Gasteiger partial charge is 0.214 e. The second kappa shape index (κ2) is 7.42. The van der Waals surface area contributed by atoms with Crippen molar-refractivity contribution in [2.24, 2.45) is 0 Å². The van der Waals surface area contributed by atoms with Crippen LogP contribution < -0.4 is 5.43 Å². The maximum absolute atomic E-state index is 13.2. The fourth-order valence-electron chi connectivity index (χ4n) is 3.79. The Kier molecular flexibility index (Phi) is 5.31. The van der Waals surface area contributed by atoms with Gasteiger partial charge in [-0.15, -0.1) is 0 Å². The summed E-state index contributed by atoms with van der Waals surface area (Å²) in [5, 5.41) is 49.8. The molecule has 0 radical (unpaired) electrons. The van der Waals surface area contributed by atoms with E-state index in [1.165, 1.54) is 16.7 Å². The quantitative estimate of drug-likeness (QED) is 0.358. The van der Waals surface area contributed by atoms with Gasteiger partial charge in [0.2, 0.25) is 11.1 Å². The minimum atomic E-state index is -1.63. The SMILES string of the molecule is Cc1cc(Cl)c(O)c2c(=O)c3c(Cl)c(Cl)n([C@H]4C=C(CO)[C@H](O)[C@@H](O)[C@@H]4O)c3oc12. The molecule has 0 fully saturated rings. The zero-order valence-corrected chi connectivity index (χ0v) is 17.6. The molecule has 11 heteroatoms. The lowest BCUT2D eigenvalue weighted by molar-refractivity contribution is -0.0695. The monoisotopic (exact) mass is 475 g/mol. The molecular weight excluding hydrogens is 461 g/mol. The zero-order chi connectivity index (χ0) is 22.1. The van der Waals surface area contributed by atoms with E-state index in [1.54, 1.807) is 6.92 Å². The molecule has 3 aromatic rings. The highest BCUT2D eigenvalue weighted by Gasteiger charge is 2.40. The average molecular weight is 477 g/mol. The normalized spacial score (nSPS) is 24.6. The second-order valence-corrected chi connectivity index (χ2v) is 8.27. The Labute approximate surface area is 183 Å². The predicted octanol–water partition coefficient (Wildman–Crippen LogP) is 2.28. The molecule has 2 heterocycles. The Morgan fingerprint density at radius 2 is 1.80 bits per heavy atom. The van der Waals surface area contributed by atoms with Gasteiger partial charge in [-0.05, 0) is 24.1 Å². The average Bonchev–Trinajstić information content (AvgIpc) is 2.95. The van der Waals surface area contributed by atoms with Gasteiger partial charge in [0.25, 0.3) is 0 Å². The number of aliphatic hydroxyl groups is 4. The van der Waals surface area contributed by atoms with Gasteiger partial charge in [0.1, 0.15) is 45.6 Å². The van der Waals surface area contributed by atoms with Crippen LogP contribution in [0, 0.1) is 6.92 Å². The highest BCUT2D eigenvalue weighted by atomic mass is 35.5. The van der Waals surface area contributed by atoms with Gasteiger partial charge in [-0.25, -0.2) is 0 Å². The number of phenolic OH excluding ortho intramolecular Hbond substituents is 1. The number of aryl methyl sites for hydroxylation is 1. The third-order valence-corrected chi connectivity index (χ3v) is 6.48. The summed E-state index contributed by atoms with van der Waals surface area (Å²) in [5.74, 6) is -0.466. The molecule has 0 saturated heterocycles. The summed E-state index contributed by atoms with van der Waals surface area (Å²) >= 11 is 18.6. The number of hydrogen-bond acceptors (Lipinski definition) is 7. The van der Waals surface area contributed by atoms with Gasteiger partial charge in [0, 0.05) is 0 Å². The van der Waals surface area contributed by atoms with Gasteiger partial charge in [-0.1, -0.05) is 40.9 Å². The molecule has 8 nitrogen and oxygen atoms in total. The number of nitrogens with zero attached hydrogens (tertiary/aromatic N) is 1. The lowest BCUT2D eigenvalue weighted by Crippen LogP contribution is -2.47. The Balaban J connectivity index is 2.13. The number of rotatable bonds is 2. The molecule has 30 heavy (non-hydrogen) atoms. The van der Waals surface area contributed by atoms with Gasteiger partial charge in [-0.3, -0.25) is 9.36 Å². The van der Waals surface area contributed by atoms with E-state index in [9.17, 15) is 30.3 Å². The summed E-state index contributed by atoms with van der Waals surface area (Å²) in [7, 11) is 0. The van der Waals surface area contributed by atoms with Crippen LogP contribution in [-0.4, -0.2) is 55.0 Å². The van der Waals surface area contributed by atoms with Crippen molar-refractivity contribution in [2.45, 2.75) is 31.3 Å². The van der Waals surface area contributed by atoms with Gasteiger partial charge in [0.05, 0.1) is 22.7 Å². The molecule has 160 valence electrons. The molecule has 1 aromatic carbocycles. The molecule has 0 saturated carbocycles. The van der Waals surface area contributed by atoms with Crippen molar-refractivity contribution in [2.75, 3.05) is 6.61 Å². The number of halogens is 3. The highest BCUT2D eigenvalue weighted by molar-refractivity contribution is 6.45. The van der Waals surface area contributed by atoms with E-state index in [2.05, 4.69) is 0 Å². The fourth-order valence-corrected chi connectivity index (χ4v) is 4.59. The predicted molar refractivity (Wildman–Crippen MR) is 112 cm³/mol. The van der Waals surface area contributed by atoms with Crippen molar-refractivity contribution in [1.82, 2.24) is 4.57 Å². The summed E-state index contributed by atoms with van der Waals surface area (Å²) in [4.78, 5) is 13.2. The topological polar surface area (TPSA) is 136 Å². The van der Waals surface area contributed by atoms with Crippen LogP contribution in [0.4, 0.5) is 0 Å². The Hall–Kier alpha value is -1.78. The molecule has 1 aliphatic rings. The first-order valence-corrected chi connectivity index (χ1v) is 9.92. The maximum atomic E-state index is 13.2. The molecule has 0 unspecified atom stereocenters. The third-order valence-electron chi connectivity index (χ3n) is 5.36. The van der Waals surface area contributed by atoms with E-state index in [1.807, 2.05) is 0 Å². The van der Waals surface area contributed by atoms with E-state index in [0.29, 0.717) is 5.56 Å². The van der Waals surface area contributed by atoms with E-state index < -0.39 is 42.1 Å². The number of benzene rings is 1. The van der Waals surface area contributed by atoms with Crippen LogP contribution >= 0.6 is 34.8 Å². The minimum Gasteiger partial charge on any atom is -0.505 e. The van der Waals surface area contributed by atoms with Crippen LogP contribution in [-0.2, 0) is 0 Å². The standard InChI is InChI=1S/C19H16Cl3NO7/c1-5-2-7(20)13(26)10-15(28)9-11(21)18(22)23(19(9)30-17(5)10)8-3-6(4-24)12(25)16(29)14(8)27/h2-3,8,12,14,16,24-27,29H,4H2,1H3/t8-,12-,14+,16+/m0/s1. The van der Waals surface area contributed by atoms with Crippen LogP contribution in [0.5, 0.6) is 5.75 Å². The molecule has 0 amide bonds. The Morgan fingerprint density at radius 1 is 1.13 bits per heavy atom. The van der Waals surface area contributed by atoms with Crippen molar-refractivity contribution < 1.29 is 29.9 Å². The molecule has 1 aliphatic carbocycles. The minimum absolute atomic E-state index is 0.0383. The fraction of sp³-hybridized carbons (Fsp3) is 0.316. The number of hydrogen-bond donors (Lipinski definition) is 5. The molecule has 2 aromatic heterocycles. The van der Waals surface area contributed by atoms with Crippen LogP contribution in [0.15, 0.2) is 26.9 Å². The van der Waals surface area contributed by atoms with Crippen molar-refractivity contribution in [3.05, 3.63) is 48.7 Å². The molecule has 0 aliphatic heterocycles. The Morgan fingerprint density at radius 3 is 2.43 bits per heavy atom. The van der Waals surface area contributed by atoms with Crippen LogP contribution in [0.1, 0.15) is 11.6 Å². The van der Waals surface area contributed by atoms with E-state index in [0.717, 1.165) is 0 Å². The summed E-state index contributed by atoms with van der Waals surface area (Å²) in [6, 6.07) is 0.305. The molecule has 4 rings (SSSR count). The Bertz CT molecular complexity index is 1280. The van der Waals surface area contributed by atoms with E-state index in [-0.39, 0.29) is 42.8 Å². The van der Waals surface area contributed by atoms with Crippen LogP contribution in [0.25, 0.3) is 22.1 Å². The number of aromatic nitrogens is 1. The van der Waals surface area contributed by atoms with Gasteiger partial charge in [0.15, 0.2) is 0 Å². The summed E-state index contributed by atoms with van der Waals surface area (Å²) in [6.07, 6.45) is -3.35. The largest absolute Gasteiger partial charge is 0.505 e. The van der Waals surface area contributed by atoms with Crippen LogP contribution in [0.2, 0.25) is 15.2 Å². The highest BCUT2D eigenvalue weighted by Crippen LogP contribution is 2.42. The summed E-state index contributed by atoms with van der Waals surface area (Å²) in [6.45, 7) is 1.04. The molecule has 0 bridgehead atoms. The first-order valence-electron chi connectivity index (χ1n) is 8.79. The first-order chi connectivity index (χ1) is 14.1. The van der Waals surface area contributed by atoms with Crippen molar-refractivity contribution >= 4 is 56.9 Å². The van der Waals surface area contributed by atoms with E-state index in [4.69, 9.17) is 39.2 Å². The van der Waals surface area contributed by atoms with Crippen molar-refractivity contribution in [1.29, 1.82) is 0 Å². The lowest BCUT2D eigenvalue weighted by Gasteiger charge is -2.35. The van der Waals surface area contributed by atoms with Crippen molar-refractivity contribution in [3.63, 3.8) is 0 Å². The van der Waals surface area contributed by atoms with E-state index >= 15 is 0 Å². The molecule has 4 atom stereocenters. The van der Waals surface area contributed by atoms with Crippen molar-refractivity contribution in [3.8, 4) is 5.75 Å². The lowest BCUT2D eigenvalue weighted by atomic mass is 9.88. The first kappa shape index (κ1) is 21.5. The molecule has 5 N–H and O–H groups in total. The van der Waals surface area contributed by atoms with Gasteiger partial charge < -0.3 is 29.9 Å². The summed E-state index contributed by atoms with van der Waals surface area (Å²) in [5.41, 5.74) is -0.252. The maximum Gasteiger partial charge on any atom is 0.214 e. The number of aromatic hydroxyl groups is 1. The summed E-state index contributed by atoms with van der Waals surface area (Å²) < 4.78 is 7.08.